The molecular formula is C19H22N4OS. The van der Waals surface area contributed by atoms with E-state index < -0.39 is 0 Å². The van der Waals surface area contributed by atoms with Crippen molar-refractivity contribution in [1.82, 2.24) is 9.38 Å². The summed E-state index contributed by atoms with van der Waals surface area (Å²) in [7, 11) is 0. The molecule has 0 atom stereocenters. The molecule has 5 nitrogen and oxygen atoms in total. The molecule has 1 N–H and O–H groups in total. The molecule has 130 valence electrons. The first-order chi connectivity index (χ1) is 12.1. The number of thiazole rings is 1. The lowest BCUT2D eigenvalue weighted by molar-refractivity contribution is 0.102. The maximum Gasteiger partial charge on any atom is 0.275 e. The van der Waals surface area contributed by atoms with Gasteiger partial charge in [0.25, 0.3) is 5.91 Å². The Morgan fingerprint density at radius 1 is 1.24 bits per heavy atom. The Labute approximate surface area is 151 Å². The van der Waals surface area contributed by atoms with Gasteiger partial charge < -0.3 is 10.2 Å². The van der Waals surface area contributed by atoms with Crippen molar-refractivity contribution in [2.24, 2.45) is 5.92 Å². The lowest BCUT2D eigenvalue weighted by Crippen LogP contribution is -2.32. The van der Waals surface area contributed by atoms with Crippen molar-refractivity contribution in [3.8, 4) is 0 Å². The van der Waals surface area contributed by atoms with E-state index in [2.05, 4.69) is 34.3 Å². The summed E-state index contributed by atoms with van der Waals surface area (Å²) in [6.07, 6.45) is 4.28. The van der Waals surface area contributed by atoms with E-state index in [1.165, 1.54) is 18.5 Å². The number of piperidine rings is 1. The highest BCUT2D eigenvalue weighted by molar-refractivity contribution is 7.15. The van der Waals surface area contributed by atoms with Crippen LogP contribution >= 0.6 is 11.3 Å². The number of amides is 1. The number of fused-ring (bicyclic) bond motifs is 1. The first-order valence-corrected chi connectivity index (χ1v) is 9.57. The smallest absolute Gasteiger partial charge is 0.275 e. The third-order valence-electron chi connectivity index (χ3n) is 4.90. The van der Waals surface area contributed by atoms with Crippen LogP contribution in [0.4, 0.5) is 11.4 Å². The van der Waals surface area contributed by atoms with Crippen LogP contribution in [0.1, 0.15) is 35.9 Å². The normalized spacial score (nSPS) is 15.7. The molecule has 0 unspecified atom stereocenters. The van der Waals surface area contributed by atoms with Crippen LogP contribution in [-0.4, -0.2) is 28.4 Å². The number of benzene rings is 1. The zero-order chi connectivity index (χ0) is 17.4. The highest BCUT2D eigenvalue weighted by atomic mass is 32.1. The number of imidazole rings is 1. The van der Waals surface area contributed by atoms with Crippen molar-refractivity contribution in [2.45, 2.75) is 26.7 Å². The van der Waals surface area contributed by atoms with Crippen molar-refractivity contribution < 1.29 is 4.79 Å². The molecule has 3 heterocycles. The summed E-state index contributed by atoms with van der Waals surface area (Å²) in [5.41, 5.74) is 3.56. The Morgan fingerprint density at radius 2 is 1.96 bits per heavy atom. The summed E-state index contributed by atoms with van der Waals surface area (Å²) < 4.78 is 1.94. The lowest BCUT2D eigenvalue weighted by atomic mass is 9.99. The van der Waals surface area contributed by atoms with Gasteiger partial charge in [-0.1, -0.05) is 6.92 Å². The van der Waals surface area contributed by atoms with Gasteiger partial charge in [-0.15, -0.1) is 11.3 Å². The van der Waals surface area contributed by atoms with E-state index in [4.69, 9.17) is 0 Å². The van der Waals surface area contributed by atoms with Gasteiger partial charge in [-0.3, -0.25) is 9.20 Å². The summed E-state index contributed by atoms with van der Waals surface area (Å²) in [6.45, 7) is 6.54. The topological polar surface area (TPSA) is 49.6 Å². The van der Waals surface area contributed by atoms with Crippen LogP contribution in [0.2, 0.25) is 0 Å². The fourth-order valence-corrected chi connectivity index (χ4v) is 4.07. The number of nitrogens with zero attached hydrogens (tertiary/aromatic N) is 3. The van der Waals surface area contributed by atoms with Gasteiger partial charge in [0.1, 0.15) is 5.69 Å². The van der Waals surface area contributed by atoms with Crippen LogP contribution in [-0.2, 0) is 0 Å². The fourth-order valence-electron chi connectivity index (χ4n) is 3.22. The van der Waals surface area contributed by atoms with Crippen molar-refractivity contribution in [3.63, 3.8) is 0 Å². The van der Waals surface area contributed by atoms with E-state index in [0.29, 0.717) is 5.69 Å². The molecule has 1 fully saturated rings. The summed E-state index contributed by atoms with van der Waals surface area (Å²) in [6, 6.07) is 8.10. The molecule has 1 aliphatic rings. The standard InChI is InChI=1S/C19H22N4OS/c1-13-7-9-22(10-8-13)16-5-3-15(4-6-16)20-18(24)17-11-23-14(2)12-25-19(23)21-17/h3-6,11-13H,7-10H2,1-2H3,(H,20,24). The third-order valence-corrected chi connectivity index (χ3v) is 5.85. The van der Waals surface area contributed by atoms with Gasteiger partial charge in [0.05, 0.1) is 0 Å². The molecule has 2 aromatic heterocycles. The highest BCUT2D eigenvalue weighted by Crippen LogP contribution is 2.24. The number of anilines is 2. The average molecular weight is 354 g/mol. The quantitative estimate of drug-likeness (QED) is 0.767. The number of carbonyl (C=O) groups is 1. The minimum absolute atomic E-state index is 0.171. The second-order valence-electron chi connectivity index (χ2n) is 6.83. The van der Waals surface area contributed by atoms with Crippen LogP contribution in [0.25, 0.3) is 4.96 Å². The monoisotopic (exact) mass is 354 g/mol. The molecule has 6 heteroatoms. The number of aromatic nitrogens is 2. The van der Waals surface area contributed by atoms with Crippen LogP contribution < -0.4 is 10.2 Å². The Balaban J connectivity index is 1.44. The molecule has 1 saturated heterocycles. The maximum atomic E-state index is 12.4. The number of hydrogen-bond donors (Lipinski definition) is 1. The molecule has 0 saturated carbocycles. The number of hydrogen-bond acceptors (Lipinski definition) is 4. The first kappa shape index (κ1) is 16.1. The van der Waals surface area contributed by atoms with E-state index in [1.54, 1.807) is 17.5 Å². The zero-order valence-electron chi connectivity index (χ0n) is 14.5. The molecule has 0 aliphatic carbocycles. The molecule has 0 bridgehead atoms. The van der Waals surface area contributed by atoms with Gasteiger partial charge in [-0.2, -0.15) is 0 Å². The van der Waals surface area contributed by atoms with E-state index in [1.807, 2.05) is 28.8 Å². The molecule has 4 rings (SSSR count). The minimum Gasteiger partial charge on any atom is -0.372 e. The highest BCUT2D eigenvalue weighted by Gasteiger charge is 2.16. The minimum atomic E-state index is -0.171. The van der Waals surface area contributed by atoms with E-state index >= 15 is 0 Å². The largest absolute Gasteiger partial charge is 0.372 e. The molecule has 1 amide bonds. The van der Waals surface area contributed by atoms with Gasteiger partial charge in [0.15, 0.2) is 4.96 Å². The number of carbonyl (C=O) groups excluding carboxylic acids is 1. The van der Waals surface area contributed by atoms with Gasteiger partial charge in [-0.25, -0.2) is 4.98 Å². The van der Waals surface area contributed by atoms with E-state index in [9.17, 15) is 4.79 Å². The van der Waals surface area contributed by atoms with Crippen LogP contribution in [0.15, 0.2) is 35.8 Å². The van der Waals surface area contributed by atoms with Crippen LogP contribution in [0, 0.1) is 12.8 Å². The second kappa shape index (κ2) is 6.52. The van der Waals surface area contributed by atoms with Gasteiger partial charge in [0, 0.05) is 41.7 Å². The molecule has 0 spiro atoms. The van der Waals surface area contributed by atoms with Crippen molar-refractivity contribution in [2.75, 3.05) is 23.3 Å². The van der Waals surface area contributed by atoms with Crippen molar-refractivity contribution in [3.05, 3.63) is 47.2 Å². The lowest BCUT2D eigenvalue weighted by Gasteiger charge is -2.32. The first-order valence-electron chi connectivity index (χ1n) is 8.70. The number of nitrogens with one attached hydrogen (secondary N) is 1. The Kier molecular flexibility index (Phi) is 4.21. The molecular weight excluding hydrogens is 332 g/mol. The van der Waals surface area contributed by atoms with Crippen molar-refractivity contribution in [1.29, 1.82) is 0 Å². The molecule has 3 aromatic rings. The van der Waals surface area contributed by atoms with Gasteiger partial charge in [-0.05, 0) is 49.9 Å². The Morgan fingerprint density at radius 3 is 2.64 bits per heavy atom. The Bertz CT molecular complexity index is 888. The van der Waals surface area contributed by atoms with Crippen molar-refractivity contribution >= 4 is 33.6 Å². The Hall–Kier alpha value is -2.34. The molecule has 0 radical (unpaired) electrons. The van der Waals surface area contributed by atoms with E-state index in [0.717, 1.165) is 35.3 Å². The number of aryl methyl sites for hydroxylation is 1. The molecule has 1 aliphatic heterocycles. The van der Waals surface area contributed by atoms with Crippen LogP contribution in [0.5, 0.6) is 0 Å². The zero-order valence-corrected chi connectivity index (χ0v) is 15.3. The molecule has 25 heavy (non-hydrogen) atoms. The van der Waals surface area contributed by atoms with E-state index in [-0.39, 0.29) is 5.91 Å². The summed E-state index contributed by atoms with van der Waals surface area (Å²) >= 11 is 1.54. The average Bonchev–Trinajstić information content (AvgIpc) is 3.19. The molecule has 1 aromatic carbocycles. The van der Waals surface area contributed by atoms with Crippen LogP contribution in [0.3, 0.4) is 0 Å². The number of rotatable bonds is 3. The SMILES string of the molecule is Cc1csc2nc(C(=O)Nc3ccc(N4CCC(C)CC4)cc3)cn12. The fraction of sp³-hybridized carbons (Fsp3) is 0.368. The van der Waals surface area contributed by atoms with Gasteiger partial charge >= 0.3 is 0 Å². The maximum absolute atomic E-state index is 12.4. The predicted octanol–water partition coefficient (Wildman–Crippen LogP) is 4.19. The summed E-state index contributed by atoms with van der Waals surface area (Å²) in [4.78, 5) is 20.1. The predicted molar refractivity (Wildman–Crippen MR) is 103 cm³/mol. The summed E-state index contributed by atoms with van der Waals surface area (Å²) in [5, 5.41) is 4.97. The third kappa shape index (κ3) is 3.26. The summed E-state index contributed by atoms with van der Waals surface area (Å²) in [5.74, 6) is 0.651. The second-order valence-corrected chi connectivity index (χ2v) is 7.66. The van der Waals surface area contributed by atoms with Gasteiger partial charge in [0.2, 0.25) is 0 Å².